The molecule has 0 radical (unpaired) electrons. The highest BCUT2D eigenvalue weighted by atomic mass is 79.9. The summed E-state index contributed by atoms with van der Waals surface area (Å²) in [7, 11) is 0. The van der Waals surface area contributed by atoms with Crippen molar-refractivity contribution in [1.82, 2.24) is 15.4 Å². The molecule has 0 unspecified atom stereocenters. The summed E-state index contributed by atoms with van der Waals surface area (Å²) in [5.41, 5.74) is 5.37. The summed E-state index contributed by atoms with van der Waals surface area (Å²) in [6.45, 7) is 0. The van der Waals surface area contributed by atoms with Crippen molar-refractivity contribution in [3.8, 4) is 11.1 Å². The third-order valence-corrected chi connectivity index (χ3v) is 6.88. The van der Waals surface area contributed by atoms with Crippen molar-refractivity contribution in [2.45, 2.75) is 18.9 Å². The van der Waals surface area contributed by atoms with Gasteiger partial charge in [0.1, 0.15) is 0 Å². The number of hydrogen-bond donors (Lipinski definition) is 2. The molecule has 11 heteroatoms. The molecule has 0 aliphatic carbocycles. The average Bonchev–Trinajstić information content (AvgIpc) is 3.37. The molecule has 1 atom stereocenters. The van der Waals surface area contributed by atoms with E-state index in [0.717, 1.165) is 15.4 Å². The van der Waals surface area contributed by atoms with Gasteiger partial charge in [0, 0.05) is 45.5 Å². The van der Waals surface area contributed by atoms with Crippen LogP contribution in [0.4, 0.5) is 5.69 Å². The number of aliphatic carboxylic acids is 1. The number of hydrazine groups is 1. The highest BCUT2D eigenvalue weighted by Crippen LogP contribution is 2.38. The Hall–Kier alpha value is -4.77. The summed E-state index contributed by atoms with van der Waals surface area (Å²) in [5, 5.41) is 24.4. The van der Waals surface area contributed by atoms with E-state index in [4.69, 9.17) is 0 Å². The SMILES string of the molecule is O=C([O-])CCC(=O)N1NC(c2c(-c3ccccc3)c3cc(Br)ccc3[nH]c2=O)=C[C@@H]1c1cccc([N+](=O)[O-])c1. The number of carbonyl (C=O) groups excluding carboxylic acids is 2. The van der Waals surface area contributed by atoms with E-state index < -0.39 is 34.8 Å². The van der Waals surface area contributed by atoms with Crippen LogP contribution in [0.5, 0.6) is 0 Å². The first-order valence-corrected chi connectivity index (χ1v) is 12.7. The smallest absolute Gasteiger partial charge is 0.269 e. The number of nitro benzene ring substituents is 1. The minimum absolute atomic E-state index is 0.171. The first-order chi connectivity index (χ1) is 18.7. The van der Waals surface area contributed by atoms with E-state index in [1.807, 2.05) is 42.5 Å². The average molecular weight is 588 g/mol. The van der Waals surface area contributed by atoms with Gasteiger partial charge in [0.25, 0.3) is 11.2 Å². The number of rotatable bonds is 7. The maximum absolute atomic E-state index is 13.6. The third-order valence-electron chi connectivity index (χ3n) is 6.39. The van der Waals surface area contributed by atoms with Gasteiger partial charge in [-0.15, -0.1) is 0 Å². The van der Waals surface area contributed by atoms with Gasteiger partial charge in [-0.1, -0.05) is 58.4 Å². The molecular formula is C28H20BrN4O6-. The Bertz CT molecular complexity index is 1720. The van der Waals surface area contributed by atoms with Crippen molar-refractivity contribution >= 4 is 50.1 Å². The number of nitrogens with one attached hydrogen (secondary N) is 2. The Balaban J connectivity index is 1.71. The lowest BCUT2D eigenvalue weighted by atomic mass is 9.94. The van der Waals surface area contributed by atoms with Gasteiger partial charge in [-0.05, 0) is 41.8 Å². The number of amides is 1. The van der Waals surface area contributed by atoms with Crippen LogP contribution in [-0.2, 0) is 9.59 Å². The van der Waals surface area contributed by atoms with E-state index >= 15 is 0 Å². The van der Waals surface area contributed by atoms with Gasteiger partial charge in [-0.25, -0.2) is 5.01 Å². The van der Waals surface area contributed by atoms with Crippen LogP contribution in [0, 0.1) is 10.1 Å². The van der Waals surface area contributed by atoms with Gasteiger partial charge in [-0.2, -0.15) is 0 Å². The number of H-pyrrole nitrogens is 1. The van der Waals surface area contributed by atoms with Crippen LogP contribution in [0.1, 0.15) is 30.0 Å². The second kappa shape index (κ2) is 10.5. The van der Waals surface area contributed by atoms with E-state index in [2.05, 4.69) is 26.3 Å². The van der Waals surface area contributed by atoms with Crippen LogP contribution in [0.15, 0.2) is 88.1 Å². The molecule has 10 nitrogen and oxygen atoms in total. The molecule has 39 heavy (non-hydrogen) atoms. The number of hydrogen-bond acceptors (Lipinski definition) is 7. The fourth-order valence-corrected chi connectivity index (χ4v) is 5.01. The molecule has 1 aliphatic heterocycles. The number of aromatic nitrogens is 1. The first-order valence-electron chi connectivity index (χ1n) is 11.9. The van der Waals surface area contributed by atoms with Crippen LogP contribution >= 0.6 is 15.9 Å². The van der Waals surface area contributed by atoms with Gasteiger partial charge >= 0.3 is 0 Å². The zero-order chi connectivity index (χ0) is 27.7. The number of halogens is 1. The van der Waals surface area contributed by atoms with Crippen molar-refractivity contribution in [3.05, 3.63) is 115 Å². The summed E-state index contributed by atoms with van der Waals surface area (Å²) in [5.74, 6) is -1.96. The largest absolute Gasteiger partial charge is 0.550 e. The third kappa shape index (κ3) is 5.16. The molecular weight excluding hydrogens is 568 g/mol. The molecule has 4 aromatic rings. The molecule has 2 N–H and O–H groups in total. The zero-order valence-corrected chi connectivity index (χ0v) is 21.8. The van der Waals surface area contributed by atoms with Crippen molar-refractivity contribution in [3.63, 3.8) is 0 Å². The Morgan fingerprint density at radius 2 is 1.74 bits per heavy atom. The Morgan fingerprint density at radius 3 is 2.46 bits per heavy atom. The second-order valence-corrected chi connectivity index (χ2v) is 9.80. The molecule has 3 aromatic carbocycles. The van der Waals surface area contributed by atoms with E-state index in [-0.39, 0.29) is 17.7 Å². The number of fused-ring (bicyclic) bond motifs is 1. The quantitative estimate of drug-likeness (QED) is 0.246. The molecule has 0 saturated carbocycles. The topological polar surface area (TPSA) is 148 Å². The van der Waals surface area contributed by atoms with E-state index in [9.17, 15) is 29.6 Å². The number of pyridine rings is 1. The van der Waals surface area contributed by atoms with Crippen LogP contribution in [0.3, 0.4) is 0 Å². The van der Waals surface area contributed by atoms with Crippen molar-refractivity contribution in [2.75, 3.05) is 0 Å². The van der Waals surface area contributed by atoms with Gasteiger partial charge in [0.2, 0.25) is 5.91 Å². The van der Waals surface area contributed by atoms with E-state index in [1.165, 1.54) is 23.2 Å². The standard InChI is InChI=1S/C28H21BrN4O6/c29-18-9-10-21-20(14-18)26(16-5-2-1-3-6-16)27(28(37)30-21)22-15-23(17-7-4-8-19(13-17)33(38)39)32(31-22)24(34)11-12-25(35)36/h1-10,13-15,23,31H,11-12H2,(H,30,37)(H,35,36)/p-1/t23-/m1/s1. The Kier molecular flexibility index (Phi) is 6.99. The fourth-order valence-electron chi connectivity index (χ4n) is 4.65. The maximum atomic E-state index is 13.6. The highest BCUT2D eigenvalue weighted by molar-refractivity contribution is 9.10. The minimum atomic E-state index is -1.38. The summed E-state index contributed by atoms with van der Waals surface area (Å²) in [6, 6.07) is 19.7. The monoisotopic (exact) mass is 587 g/mol. The van der Waals surface area contributed by atoms with Crippen LogP contribution in [0.25, 0.3) is 27.7 Å². The van der Waals surface area contributed by atoms with Crippen molar-refractivity contribution in [2.24, 2.45) is 0 Å². The summed E-state index contributed by atoms with van der Waals surface area (Å²) < 4.78 is 0.798. The number of nitro groups is 1. The summed E-state index contributed by atoms with van der Waals surface area (Å²) in [6.07, 6.45) is 0.763. The van der Waals surface area contributed by atoms with Gasteiger partial charge in [0.15, 0.2) is 0 Å². The fraction of sp³-hybridized carbons (Fsp3) is 0.107. The normalized spacial score (nSPS) is 14.6. The Morgan fingerprint density at radius 1 is 0.974 bits per heavy atom. The number of carbonyl (C=O) groups is 2. The number of carboxylic acid groups (broad SMARTS) is 1. The molecule has 0 fully saturated rings. The van der Waals surface area contributed by atoms with Gasteiger partial charge in [-0.3, -0.25) is 25.1 Å². The summed E-state index contributed by atoms with van der Waals surface area (Å²) >= 11 is 3.50. The van der Waals surface area contributed by atoms with Crippen molar-refractivity contribution in [1.29, 1.82) is 0 Å². The molecule has 2 heterocycles. The first kappa shape index (κ1) is 25.9. The van der Waals surface area contributed by atoms with E-state index in [0.29, 0.717) is 22.3 Å². The van der Waals surface area contributed by atoms with Crippen molar-refractivity contribution < 1.29 is 19.6 Å². The molecule has 0 saturated heterocycles. The lowest BCUT2D eigenvalue weighted by Crippen LogP contribution is -2.40. The number of nitrogens with zero attached hydrogens (tertiary/aromatic N) is 2. The minimum Gasteiger partial charge on any atom is -0.550 e. The molecule has 196 valence electrons. The zero-order valence-electron chi connectivity index (χ0n) is 20.2. The van der Waals surface area contributed by atoms with Gasteiger partial charge < -0.3 is 14.9 Å². The number of non-ortho nitro benzene ring substituents is 1. The van der Waals surface area contributed by atoms with E-state index in [1.54, 1.807) is 18.2 Å². The molecule has 1 aliphatic rings. The molecule has 0 spiro atoms. The lowest BCUT2D eigenvalue weighted by Gasteiger charge is -2.26. The lowest BCUT2D eigenvalue weighted by molar-refractivity contribution is -0.384. The molecule has 1 amide bonds. The molecule has 1 aromatic heterocycles. The number of carboxylic acids is 1. The van der Waals surface area contributed by atoms with Crippen LogP contribution < -0.4 is 16.1 Å². The maximum Gasteiger partial charge on any atom is 0.269 e. The number of benzene rings is 3. The molecule has 0 bridgehead atoms. The Labute approximate surface area is 229 Å². The molecule has 5 rings (SSSR count). The second-order valence-electron chi connectivity index (χ2n) is 8.88. The van der Waals surface area contributed by atoms with Crippen LogP contribution in [-0.4, -0.2) is 26.8 Å². The van der Waals surface area contributed by atoms with Gasteiger partial charge in [0.05, 0.1) is 22.2 Å². The van der Waals surface area contributed by atoms with Crippen LogP contribution in [0.2, 0.25) is 0 Å². The highest BCUT2D eigenvalue weighted by Gasteiger charge is 2.33. The summed E-state index contributed by atoms with van der Waals surface area (Å²) in [4.78, 5) is 51.5. The predicted octanol–water partition coefficient (Wildman–Crippen LogP) is 3.82. The number of aromatic amines is 1. The predicted molar refractivity (Wildman–Crippen MR) is 146 cm³/mol.